The third-order valence-electron chi connectivity index (χ3n) is 4.81. The summed E-state index contributed by atoms with van der Waals surface area (Å²) in [5.74, 6) is -1.09. The second kappa shape index (κ2) is 8.60. The summed E-state index contributed by atoms with van der Waals surface area (Å²) in [5.41, 5.74) is 0.313. The van der Waals surface area contributed by atoms with E-state index in [1.54, 1.807) is 0 Å². The quantitative estimate of drug-likeness (QED) is 0.738. The molecular formula is C20H23N3O5S. The lowest BCUT2D eigenvalue weighted by Gasteiger charge is -2.23. The number of hydrogen-bond donors (Lipinski definition) is 2. The first kappa shape index (κ1) is 20.8. The molecule has 3 rings (SSSR count). The fourth-order valence-electron chi connectivity index (χ4n) is 3.36. The third-order valence-corrected chi connectivity index (χ3v) is 6.63. The second-order valence-electron chi connectivity index (χ2n) is 7.07. The van der Waals surface area contributed by atoms with Gasteiger partial charge in [-0.1, -0.05) is 30.3 Å². The van der Waals surface area contributed by atoms with Crippen molar-refractivity contribution in [2.45, 2.75) is 25.4 Å². The summed E-state index contributed by atoms with van der Waals surface area (Å²) in [7, 11) is -1.77. The van der Waals surface area contributed by atoms with Gasteiger partial charge in [0.05, 0.1) is 23.6 Å². The number of nitrogens with zero attached hydrogens (tertiary/aromatic N) is 1. The SMILES string of the molecule is CNC(=O)c1cc(C(=O)NC2CCCS(=O)(=O)C2)cn(Cc2ccccc2)c1=O. The van der Waals surface area contributed by atoms with E-state index < -0.39 is 33.3 Å². The number of amides is 2. The molecule has 1 unspecified atom stereocenters. The molecular weight excluding hydrogens is 394 g/mol. The van der Waals surface area contributed by atoms with Gasteiger partial charge in [-0.25, -0.2) is 8.42 Å². The van der Waals surface area contributed by atoms with Gasteiger partial charge >= 0.3 is 0 Å². The molecule has 2 N–H and O–H groups in total. The van der Waals surface area contributed by atoms with Gasteiger partial charge in [-0.3, -0.25) is 14.4 Å². The molecule has 0 spiro atoms. The summed E-state index contributed by atoms with van der Waals surface area (Å²) in [6.45, 7) is 0.197. The van der Waals surface area contributed by atoms with E-state index in [-0.39, 0.29) is 29.2 Å². The molecule has 1 fully saturated rings. The zero-order chi connectivity index (χ0) is 21.0. The Morgan fingerprint density at radius 3 is 2.55 bits per heavy atom. The van der Waals surface area contributed by atoms with Crippen molar-refractivity contribution in [3.05, 3.63) is 69.6 Å². The number of carbonyl (C=O) groups is 2. The van der Waals surface area contributed by atoms with E-state index in [1.807, 2.05) is 30.3 Å². The molecule has 0 aliphatic carbocycles. The van der Waals surface area contributed by atoms with Crippen molar-refractivity contribution in [2.24, 2.45) is 0 Å². The number of carbonyl (C=O) groups excluding carboxylic acids is 2. The maximum atomic E-state index is 12.8. The number of hydrogen-bond acceptors (Lipinski definition) is 5. The summed E-state index contributed by atoms with van der Waals surface area (Å²) >= 11 is 0. The molecule has 0 radical (unpaired) electrons. The Kier molecular flexibility index (Phi) is 6.17. The van der Waals surface area contributed by atoms with Crippen molar-refractivity contribution in [1.82, 2.24) is 15.2 Å². The highest BCUT2D eigenvalue weighted by Gasteiger charge is 2.27. The summed E-state index contributed by atoms with van der Waals surface area (Å²) in [5, 5.41) is 5.13. The van der Waals surface area contributed by atoms with E-state index in [2.05, 4.69) is 10.6 Å². The first-order valence-electron chi connectivity index (χ1n) is 9.31. The summed E-state index contributed by atoms with van der Waals surface area (Å²) in [6, 6.07) is 9.95. The molecule has 9 heteroatoms. The Morgan fingerprint density at radius 1 is 1.17 bits per heavy atom. The summed E-state index contributed by atoms with van der Waals surface area (Å²) in [6.07, 6.45) is 2.45. The highest BCUT2D eigenvalue weighted by Crippen LogP contribution is 2.13. The average molecular weight is 417 g/mol. The van der Waals surface area contributed by atoms with Crippen molar-refractivity contribution in [2.75, 3.05) is 18.6 Å². The van der Waals surface area contributed by atoms with Gasteiger partial charge in [-0.2, -0.15) is 0 Å². The van der Waals surface area contributed by atoms with Gasteiger partial charge in [0.2, 0.25) is 0 Å². The van der Waals surface area contributed by atoms with Gasteiger partial charge in [-0.05, 0) is 24.5 Å². The fraction of sp³-hybridized carbons (Fsp3) is 0.350. The van der Waals surface area contributed by atoms with Crippen LogP contribution in [0.3, 0.4) is 0 Å². The summed E-state index contributed by atoms with van der Waals surface area (Å²) in [4.78, 5) is 37.6. The largest absolute Gasteiger partial charge is 0.355 e. The smallest absolute Gasteiger partial charge is 0.263 e. The molecule has 1 aliphatic heterocycles. The molecule has 2 heterocycles. The van der Waals surface area contributed by atoms with Crippen molar-refractivity contribution in [3.8, 4) is 0 Å². The molecule has 2 amide bonds. The van der Waals surface area contributed by atoms with E-state index in [4.69, 9.17) is 0 Å². The number of rotatable bonds is 5. The molecule has 1 aromatic heterocycles. The van der Waals surface area contributed by atoms with E-state index in [9.17, 15) is 22.8 Å². The van der Waals surface area contributed by atoms with Crippen molar-refractivity contribution in [1.29, 1.82) is 0 Å². The molecule has 1 saturated heterocycles. The van der Waals surface area contributed by atoms with Gasteiger partial charge in [0.15, 0.2) is 9.84 Å². The van der Waals surface area contributed by atoms with Crippen molar-refractivity contribution >= 4 is 21.7 Å². The minimum absolute atomic E-state index is 0.106. The molecule has 0 bridgehead atoms. The molecule has 2 aromatic rings. The molecule has 29 heavy (non-hydrogen) atoms. The topological polar surface area (TPSA) is 114 Å². The van der Waals surface area contributed by atoms with Crippen LogP contribution >= 0.6 is 0 Å². The van der Waals surface area contributed by atoms with Crippen LogP contribution in [-0.4, -0.2) is 49.4 Å². The van der Waals surface area contributed by atoms with Crippen LogP contribution in [-0.2, 0) is 16.4 Å². The minimum Gasteiger partial charge on any atom is -0.355 e. The van der Waals surface area contributed by atoms with Gasteiger partial charge in [0.25, 0.3) is 17.4 Å². The predicted octanol–water partition coefficient (Wildman–Crippen LogP) is 0.563. The highest BCUT2D eigenvalue weighted by atomic mass is 32.2. The van der Waals surface area contributed by atoms with Crippen molar-refractivity contribution in [3.63, 3.8) is 0 Å². The maximum absolute atomic E-state index is 12.8. The Bertz CT molecular complexity index is 1080. The van der Waals surface area contributed by atoms with Crippen LogP contribution in [0, 0.1) is 0 Å². The van der Waals surface area contributed by atoms with Gasteiger partial charge in [0, 0.05) is 19.3 Å². The molecule has 154 valence electrons. The number of aromatic nitrogens is 1. The van der Waals surface area contributed by atoms with Crippen LogP contribution < -0.4 is 16.2 Å². The Balaban J connectivity index is 1.92. The van der Waals surface area contributed by atoms with E-state index in [0.717, 1.165) is 5.56 Å². The maximum Gasteiger partial charge on any atom is 0.263 e. The third kappa shape index (κ3) is 5.11. The first-order valence-corrected chi connectivity index (χ1v) is 11.1. The molecule has 1 aliphatic rings. The number of sulfone groups is 1. The Hall–Kier alpha value is -2.94. The predicted molar refractivity (Wildman–Crippen MR) is 109 cm³/mol. The lowest BCUT2D eigenvalue weighted by atomic mass is 10.1. The number of nitrogens with one attached hydrogen (secondary N) is 2. The minimum atomic E-state index is -3.17. The van der Waals surface area contributed by atoms with E-state index in [0.29, 0.717) is 12.8 Å². The van der Waals surface area contributed by atoms with Crippen LogP contribution in [0.4, 0.5) is 0 Å². The van der Waals surface area contributed by atoms with Gasteiger partial charge < -0.3 is 15.2 Å². The first-order chi connectivity index (χ1) is 13.8. The monoisotopic (exact) mass is 417 g/mol. The number of pyridine rings is 1. The van der Waals surface area contributed by atoms with Crippen LogP contribution in [0.25, 0.3) is 0 Å². The Labute approximate surface area is 168 Å². The molecule has 1 aromatic carbocycles. The molecule has 8 nitrogen and oxygen atoms in total. The van der Waals surface area contributed by atoms with E-state index >= 15 is 0 Å². The van der Waals surface area contributed by atoms with Crippen LogP contribution in [0.15, 0.2) is 47.4 Å². The standard InChI is InChI=1S/C20H23N3O5S/c1-21-19(25)17-10-15(18(24)22-16-8-5-9-29(27,28)13-16)12-23(20(17)26)11-14-6-3-2-4-7-14/h2-4,6-7,10,12,16H,5,8-9,11,13H2,1H3,(H,21,25)(H,22,24). The molecule has 0 saturated carbocycles. The zero-order valence-electron chi connectivity index (χ0n) is 16.1. The summed E-state index contributed by atoms with van der Waals surface area (Å²) < 4.78 is 24.9. The molecule has 1 atom stereocenters. The lowest BCUT2D eigenvalue weighted by molar-refractivity contribution is 0.0937. The normalized spacial score (nSPS) is 18.0. The Morgan fingerprint density at radius 2 is 1.90 bits per heavy atom. The van der Waals surface area contributed by atoms with Crippen LogP contribution in [0.5, 0.6) is 0 Å². The number of benzene rings is 1. The zero-order valence-corrected chi connectivity index (χ0v) is 16.9. The van der Waals surface area contributed by atoms with Gasteiger partial charge in [-0.15, -0.1) is 0 Å². The van der Waals surface area contributed by atoms with Gasteiger partial charge in [0.1, 0.15) is 5.56 Å². The second-order valence-corrected chi connectivity index (χ2v) is 9.30. The average Bonchev–Trinajstić information content (AvgIpc) is 2.69. The van der Waals surface area contributed by atoms with Crippen molar-refractivity contribution < 1.29 is 18.0 Å². The fourth-order valence-corrected chi connectivity index (χ4v) is 5.00. The lowest BCUT2D eigenvalue weighted by Crippen LogP contribution is -2.43. The van der Waals surface area contributed by atoms with Crippen LogP contribution in [0.1, 0.15) is 39.1 Å². The van der Waals surface area contributed by atoms with Crippen LogP contribution in [0.2, 0.25) is 0 Å². The van der Waals surface area contributed by atoms with E-state index in [1.165, 1.54) is 23.9 Å². The highest BCUT2D eigenvalue weighted by molar-refractivity contribution is 7.91.